The van der Waals surface area contributed by atoms with Crippen molar-refractivity contribution in [2.45, 2.75) is 19.3 Å². The second-order valence-corrected chi connectivity index (χ2v) is 4.93. The van der Waals surface area contributed by atoms with E-state index in [-0.39, 0.29) is 5.82 Å². The van der Waals surface area contributed by atoms with Gasteiger partial charge in [-0.05, 0) is 43.0 Å². The minimum Gasteiger partial charge on any atom is -0.481 e. The number of carboxylic acid groups (broad SMARTS) is 1. The molecule has 1 aromatic carbocycles. The molecule has 0 aromatic heterocycles. The molecule has 1 saturated carbocycles. The average Bonchev–Trinajstić information content (AvgIpc) is 2.98. The Morgan fingerprint density at radius 1 is 1.47 bits per heavy atom. The van der Waals surface area contributed by atoms with Crippen molar-refractivity contribution in [2.24, 2.45) is 5.41 Å². The summed E-state index contributed by atoms with van der Waals surface area (Å²) in [4.78, 5) is 13.0. The van der Waals surface area contributed by atoms with Crippen LogP contribution in [0.4, 0.5) is 10.1 Å². The van der Waals surface area contributed by atoms with Gasteiger partial charge in [0.2, 0.25) is 0 Å². The Labute approximate surface area is 99.9 Å². The lowest BCUT2D eigenvalue weighted by Gasteiger charge is -2.19. The zero-order chi connectivity index (χ0) is 12.6. The standard InChI is InChI=1S/C13H16FNO2/c1-15(2)11-4-3-10(14)7-9(11)8-13(5-6-13)12(16)17/h3-4,7H,5-6,8H2,1-2H3,(H,16,17). The van der Waals surface area contributed by atoms with Crippen LogP contribution in [0.1, 0.15) is 18.4 Å². The van der Waals surface area contributed by atoms with Crippen LogP contribution in [0, 0.1) is 11.2 Å². The summed E-state index contributed by atoms with van der Waals surface area (Å²) < 4.78 is 13.2. The molecular weight excluding hydrogens is 221 g/mol. The molecule has 92 valence electrons. The maximum absolute atomic E-state index is 13.2. The van der Waals surface area contributed by atoms with Crippen molar-refractivity contribution in [3.05, 3.63) is 29.6 Å². The quantitative estimate of drug-likeness (QED) is 0.873. The number of anilines is 1. The Bertz CT molecular complexity index is 453. The maximum Gasteiger partial charge on any atom is 0.309 e. The van der Waals surface area contributed by atoms with E-state index in [9.17, 15) is 9.18 Å². The van der Waals surface area contributed by atoms with E-state index in [0.29, 0.717) is 19.3 Å². The fourth-order valence-electron chi connectivity index (χ4n) is 2.11. The van der Waals surface area contributed by atoms with Crippen LogP contribution in [0.2, 0.25) is 0 Å². The van der Waals surface area contributed by atoms with E-state index in [0.717, 1.165) is 11.3 Å². The predicted octanol–water partition coefficient (Wildman–Crippen LogP) is 2.30. The van der Waals surface area contributed by atoms with Crippen molar-refractivity contribution in [3.63, 3.8) is 0 Å². The van der Waals surface area contributed by atoms with Crippen LogP contribution in [0.25, 0.3) is 0 Å². The number of nitrogens with zero attached hydrogens (tertiary/aromatic N) is 1. The second kappa shape index (κ2) is 4.02. The lowest BCUT2D eigenvalue weighted by Crippen LogP contribution is -2.20. The molecule has 0 radical (unpaired) electrons. The Morgan fingerprint density at radius 2 is 2.12 bits per heavy atom. The highest BCUT2D eigenvalue weighted by atomic mass is 19.1. The van der Waals surface area contributed by atoms with E-state index in [2.05, 4.69) is 0 Å². The van der Waals surface area contributed by atoms with Gasteiger partial charge in [-0.25, -0.2) is 4.39 Å². The van der Waals surface area contributed by atoms with Gasteiger partial charge in [0.05, 0.1) is 5.41 Å². The molecule has 1 N–H and O–H groups in total. The highest BCUT2D eigenvalue weighted by Crippen LogP contribution is 2.49. The van der Waals surface area contributed by atoms with Gasteiger partial charge in [-0.15, -0.1) is 0 Å². The number of benzene rings is 1. The first-order chi connectivity index (χ1) is 7.94. The van der Waals surface area contributed by atoms with E-state index < -0.39 is 11.4 Å². The summed E-state index contributed by atoms with van der Waals surface area (Å²) in [6.07, 6.45) is 1.78. The number of hydrogen-bond donors (Lipinski definition) is 1. The number of hydrogen-bond acceptors (Lipinski definition) is 2. The fraction of sp³-hybridized carbons (Fsp3) is 0.462. The van der Waals surface area contributed by atoms with Crippen molar-refractivity contribution < 1.29 is 14.3 Å². The molecule has 1 aliphatic rings. The van der Waals surface area contributed by atoms with Gasteiger partial charge >= 0.3 is 5.97 Å². The Morgan fingerprint density at radius 3 is 2.59 bits per heavy atom. The van der Waals surface area contributed by atoms with E-state index in [4.69, 9.17) is 5.11 Å². The lowest BCUT2D eigenvalue weighted by molar-refractivity contribution is -0.143. The Balaban J connectivity index is 2.31. The van der Waals surface area contributed by atoms with Gasteiger partial charge in [-0.1, -0.05) is 0 Å². The summed E-state index contributed by atoms with van der Waals surface area (Å²) >= 11 is 0. The topological polar surface area (TPSA) is 40.5 Å². The summed E-state index contributed by atoms with van der Waals surface area (Å²) in [5.74, 6) is -1.08. The van der Waals surface area contributed by atoms with Crippen LogP contribution >= 0.6 is 0 Å². The summed E-state index contributed by atoms with van der Waals surface area (Å²) in [6, 6.07) is 4.54. The van der Waals surface area contributed by atoms with Crippen LogP contribution in [0.15, 0.2) is 18.2 Å². The van der Waals surface area contributed by atoms with Gasteiger partial charge in [0.15, 0.2) is 0 Å². The molecule has 0 bridgehead atoms. The van der Waals surface area contributed by atoms with E-state index >= 15 is 0 Å². The molecule has 0 amide bonds. The van der Waals surface area contributed by atoms with Gasteiger partial charge in [-0.2, -0.15) is 0 Å². The van der Waals surface area contributed by atoms with Gasteiger partial charge < -0.3 is 10.0 Å². The van der Waals surface area contributed by atoms with Gasteiger partial charge in [0.1, 0.15) is 5.82 Å². The lowest BCUT2D eigenvalue weighted by atomic mass is 9.95. The van der Waals surface area contributed by atoms with Crippen LogP contribution < -0.4 is 4.90 Å². The molecule has 1 aromatic rings. The van der Waals surface area contributed by atoms with Gasteiger partial charge in [0, 0.05) is 19.8 Å². The van der Waals surface area contributed by atoms with Gasteiger partial charge in [0.25, 0.3) is 0 Å². The number of rotatable bonds is 4. The van der Waals surface area contributed by atoms with Crippen molar-refractivity contribution in [3.8, 4) is 0 Å². The molecule has 0 aliphatic heterocycles. The molecular formula is C13H16FNO2. The second-order valence-electron chi connectivity index (χ2n) is 4.93. The molecule has 0 unspecified atom stereocenters. The van der Waals surface area contributed by atoms with Crippen molar-refractivity contribution >= 4 is 11.7 Å². The van der Waals surface area contributed by atoms with Crippen molar-refractivity contribution in [1.29, 1.82) is 0 Å². The maximum atomic E-state index is 13.2. The first-order valence-electron chi connectivity index (χ1n) is 5.64. The largest absolute Gasteiger partial charge is 0.481 e. The number of halogens is 1. The van der Waals surface area contributed by atoms with Crippen molar-refractivity contribution in [2.75, 3.05) is 19.0 Å². The molecule has 1 fully saturated rings. The third kappa shape index (κ3) is 2.25. The highest BCUT2D eigenvalue weighted by Gasteiger charge is 2.50. The Kier molecular flexibility index (Phi) is 2.81. The molecule has 0 heterocycles. The summed E-state index contributed by atoms with van der Waals surface area (Å²) in [5, 5.41) is 9.16. The zero-order valence-electron chi connectivity index (χ0n) is 10.0. The van der Waals surface area contributed by atoms with Crippen LogP contribution in [-0.4, -0.2) is 25.2 Å². The molecule has 0 spiro atoms. The molecule has 17 heavy (non-hydrogen) atoms. The monoisotopic (exact) mass is 237 g/mol. The first kappa shape index (κ1) is 11.9. The van der Waals surface area contributed by atoms with Crippen molar-refractivity contribution in [1.82, 2.24) is 0 Å². The first-order valence-corrected chi connectivity index (χ1v) is 5.64. The number of aliphatic carboxylic acids is 1. The van der Waals surface area contributed by atoms with E-state index in [1.54, 1.807) is 6.07 Å². The summed E-state index contributed by atoms with van der Waals surface area (Å²) in [5.41, 5.74) is 1.01. The summed E-state index contributed by atoms with van der Waals surface area (Å²) in [6.45, 7) is 0. The SMILES string of the molecule is CN(C)c1ccc(F)cc1CC1(C(=O)O)CC1. The minimum absolute atomic E-state index is 0.313. The third-order valence-corrected chi connectivity index (χ3v) is 3.36. The third-order valence-electron chi connectivity index (χ3n) is 3.36. The van der Waals surface area contributed by atoms with E-state index in [1.807, 2.05) is 19.0 Å². The molecule has 1 aliphatic carbocycles. The van der Waals surface area contributed by atoms with E-state index in [1.165, 1.54) is 12.1 Å². The van der Waals surface area contributed by atoms with Gasteiger partial charge in [-0.3, -0.25) is 4.79 Å². The van der Waals surface area contributed by atoms with Crippen LogP contribution in [-0.2, 0) is 11.2 Å². The smallest absolute Gasteiger partial charge is 0.309 e. The fourth-order valence-corrected chi connectivity index (χ4v) is 2.11. The van der Waals surface area contributed by atoms with Crippen LogP contribution in [0.3, 0.4) is 0 Å². The normalized spacial score (nSPS) is 16.6. The van der Waals surface area contributed by atoms with Crippen LogP contribution in [0.5, 0.6) is 0 Å². The molecule has 2 rings (SSSR count). The number of carboxylic acids is 1. The Hall–Kier alpha value is -1.58. The molecule has 0 saturated heterocycles. The summed E-state index contributed by atoms with van der Waals surface area (Å²) in [7, 11) is 3.74. The molecule has 0 atom stereocenters. The predicted molar refractivity (Wildman–Crippen MR) is 63.7 cm³/mol. The molecule has 3 nitrogen and oxygen atoms in total. The number of carbonyl (C=O) groups is 1. The zero-order valence-corrected chi connectivity index (χ0v) is 10.0. The average molecular weight is 237 g/mol. The minimum atomic E-state index is -0.772. The highest BCUT2D eigenvalue weighted by molar-refractivity contribution is 5.78. The molecule has 4 heteroatoms.